The summed E-state index contributed by atoms with van der Waals surface area (Å²) in [4.78, 5) is 29.1. The maximum atomic E-state index is 12.6. The van der Waals surface area contributed by atoms with Crippen molar-refractivity contribution in [2.75, 3.05) is 5.32 Å². The summed E-state index contributed by atoms with van der Waals surface area (Å²) in [6.07, 6.45) is 1.78. The summed E-state index contributed by atoms with van der Waals surface area (Å²) >= 11 is 3.31. The number of hydrogen-bond acceptors (Lipinski definition) is 5. The molecule has 28 heavy (non-hydrogen) atoms. The summed E-state index contributed by atoms with van der Waals surface area (Å²) in [7, 11) is -3.92. The lowest BCUT2D eigenvalue weighted by Gasteiger charge is -2.11. The normalized spacial score (nSPS) is 11.5. The number of carbonyl (C=O) groups is 1. The zero-order valence-corrected chi connectivity index (χ0v) is 17.2. The Balaban J connectivity index is 1.86. The first-order valence-corrected chi connectivity index (χ1v) is 10.6. The van der Waals surface area contributed by atoms with E-state index in [0.29, 0.717) is 22.9 Å². The molecule has 3 aromatic rings. The van der Waals surface area contributed by atoms with E-state index in [4.69, 9.17) is 5.14 Å². The summed E-state index contributed by atoms with van der Waals surface area (Å²) in [5, 5.41) is 8.21. The second kappa shape index (κ2) is 7.82. The Bertz CT molecular complexity index is 1240. The predicted molar refractivity (Wildman–Crippen MR) is 110 cm³/mol. The Morgan fingerprint density at radius 2 is 2.00 bits per heavy atom. The molecule has 0 fully saturated rings. The molecule has 3 N–H and O–H groups in total. The van der Waals surface area contributed by atoms with Crippen LogP contribution in [0, 0.1) is 0 Å². The minimum atomic E-state index is -3.92. The monoisotopic (exact) mass is 464 g/mol. The van der Waals surface area contributed by atoms with Gasteiger partial charge in [-0.25, -0.2) is 18.5 Å². The van der Waals surface area contributed by atoms with E-state index in [-0.39, 0.29) is 22.7 Å². The van der Waals surface area contributed by atoms with Gasteiger partial charge in [-0.05, 0) is 42.3 Å². The van der Waals surface area contributed by atoms with Crippen LogP contribution in [0.5, 0.6) is 0 Å². The predicted octanol–water partition coefficient (Wildman–Crippen LogP) is 2.01. The lowest BCUT2D eigenvalue weighted by Crippen LogP contribution is -2.28. The Labute approximate surface area is 169 Å². The van der Waals surface area contributed by atoms with Gasteiger partial charge in [0.2, 0.25) is 15.9 Å². The maximum absolute atomic E-state index is 12.6. The third-order valence-corrected chi connectivity index (χ3v) is 5.62. The van der Waals surface area contributed by atoms with E-state index >= 15 is 0 Å². The van der Waals surface area contributed by atoms with Crippen molar-refractivity contribution in [2.45, 2.75) is 24.8 Å². The van der Waals surface area contributed by atoms with Gasteiger partial charge in [0.15, 0.2) is 0 Å². The average molecular weight is 465 g/mol. The lowest BCUT2D eigenvalue weighted by molar-refractivity contribution is -0.116. The summed E-state index contributed by atoms with van der Waals surface area (Å²) in [5.74, 6) is -0.497. The first-order chi connectivity index (χ1) is 13.2. The van der Waals surface area contributed by atoms with E-state index in [1.165, 1.54) is 17.0 Å². The van der Waals surface area contributed by atoms with E-state index in [1.807, 2.05) is 0 Å². The second-order valence-electron chi connectivity index (χ2n) is 6.11. The highest BCUT2D eigenvalue weighted by Gasteiger charge is 2.15. The van der Waals surface area contributed by atoms with Crippen LogP contribution in [-0.2, 0) is 27.8 Å². The average Bonchev–Trinajstić information content (AvgIpc) is 2.63. The van der Waals surface area contributed by atoms with Crippen LogP contribution in [0.3, 0.4) is 0 Å². The van der Waals surface area contributed by atoms with Crippen LogP contribution in [0.2, 0.25) is 0 Å². The summed E-state index contributed by atoms with van der Waals surface area (Å²) < 4.78 is 25.4. The highest BCUT2D eigenvalue weighted by atomic mass is 79.9. The first-order valence-electron chi connectivity index (χ1n) is 8.29. The fourth-order valence-electron chi connectivity index (χ4n) is 2.79. The van der Waals surface area contributed by atoms with Crippen molar-refractivity contribution < 1.29 is 13.2 Å². The van der Waals surface area contributed by atoms with Crippen molar-refractivity contribution in [1.29, 1.82) is 0 Å². The molecule has 10 heteroatoms. The SMILES string of the molecule is CCc1ccc(NC(=O)Cn2cnc3ccc(Br)cc3c2=O)cc1S(N)(=O)=O. The van der Waals surface area contributed by atoms with Gasteiger partial charge < -0.3 is 5.32 Å². The fourth-order valence-corrected chi connectivity index (χ4v) is 4.02. The molecule has 0 aliphatic carbocycles. The Morgan fingerprint density at radius 3 is 2.68 bits per heavy atom. The van der Waals surface area contributed by atoms with E-state index in [2.05, 4.69) is 26.2 Å². The van der Waals surface area contributed by atoms with Crippen LogP contribution in [0.25, 0.3) is 10.9 Å². The molecular formula is C18H17BrN4O4S. The van der Waals surface area contributed by atoms with Crippen molar-refractivity contribution in [3.63, 3.8) is 0 Å². The Morgan fingerprint density at radius 1 is 1.25 bits per heavy atom. The minimum absolute atomic E-state index is 0.0396. The quantitative estimate of drug-likeness (QED) is 0.597. The van der Waals surface area contributed by atoms with Crippen LogP contribution >= 0.6 is 15.9 Å². The van der Waals surface area contributed by atoms with Gasteiger partial charge in [-0.1, -0.05) is 28.9 Å². The molecule has 0 aliphatic heterocycles. The smallest absolute Gasteiger partial charge is 0.261 e. The van der Waals surface area contributed by atoms with Gasteiger partial charge >= 0.3 is 0 Å². The number of carbonyl (C=O) groups excluding carboxylic acids is 1. The highest BCUT2D eigenvalue weighted by Crippen LogP contribution is 2.20. The lowest BCUT2D eigenvalue weighted by atomic mass is 10.1. The molecular weight excluding hydrogens is 448 g/mol. The summed E-state index contributed by atoms with van der Waals surface area (Å²) in [6.45, 7) is 1.54. The largest absolute Gasteiger partial charge is 0.324 e. The first kappa shape index (κ1) is 20.2. The van der Waals surface area contributed by atoms with Crippen LogP contribution < -0.4 is 16.0 Å². The summed E-state index contributed by atoms with van der Waals surface area (Å²) in [6, 6.07) is 9.61. The molecule has 146 valence electrons. The van der Waals surface area contributed by atoms with Crippen LogP contribution in [0.1, 0.15) is 12.5 Å². The zero-order chi connectivity index (χ0) is 20.5. The number of aryl methyl sites for hydroxylation is 1. The Hall–Kier alpha value is -2.56. The van der Waals surface area contributed by atoms with Crippen molar-refractivity contribution in [3.05, 3.63) is 63.1 Å². The standard InChI is InChI=1S/C18H17BrN4O4S/c1-2-11-3-5-13(8-16(11)28(20,26)27)22-17(24)9-23-10-21-15-6-4-12(19)7-14(15)18(23)25/h3-8,10H,2,9H2,1H3,(H,22,24)(H2,20,26,27). The fraction of sp³-hybridized carbons (Fsp3) is 0.167. The van der Waals surface area contributed by atoms with Crippen molar-refractivity contribution >= 4 is 48.5 Å². The molecule has 0 radical (unpaired) electrons. The van der Waals surface area contributed by atoms with Crippen LogP contribution in [-0.4, -0.2) is 23.9 Å². The molecule has 0 atom stereocenters. The van der Waals surface area contributed by atoms with Crippen molar-refractivity contribution in [3.8, 4) is 0 Å². The number of halogens is 1. The number of nitrogens with two attached hydrogens (primary N) is 1. The number of nitrogens with zero attached hydrogens (tertiary/aromatic N) is 2. The Kier molecular flexibility index (Phi) is 5.64. The number of benzene rings is 2. The summed E-state index contributed by atoms with van der Waals surface area (Å²) in [5.41, 5.74) is 1.00. The molecule has 8 nitrogen and oxygen atoms in total. The van der Waals surface area contributed by atoms with Crippen molar-refractivity contribution in [2.24, 2.45) is 5.14 Å². The molecule has 0 saturated carbocycles. The third kappa shape index (κ3) is 4.29. The molecule has 0 unspecified atom stereocenters. The number of sulfonamides is 1. The molecule has 0 spiro atoms. The molecule has 1 heterocycles. The number of nitrogens with one attached hydrogen (secondary N) is 1. The number of hydrogen-bond donors (Lipinski definition) is 2. The van der Waals surface area contributed by atoms with Gasteiger partial charge in [0.25, 0.3) is 5.56 Å². The molecule has 2 aromatic carbocycles. The van der Waals surface area contributed by atoms with E-state index in [0.717, 1.165) is 4.47 Å². The van der Waals surface area contributed by atoms with Gasteiger partial charge in [-0.2, -0.15) is 0 Å². The van der Waals surface area contributed by atoms with E-state index in [9.17, 15) is 18.0 Å². The molecule has 1 amide bonds. The molecule has 0 saturated heterocycles. The van der Waals surface area contributed by atoms with Gasteiger partial charge in [0.05, 0.1) is 22.1 Å². The molecule has 0 bridgehead atoms. The van der Waals surface area contributed by atoms with Gasteiger partial charge in [0.1, 0.15) is 6.54 Å². The third-order valence-electron chi connectivity index (χ3n) is 4.14. The van der Waals surface area contributed by atoms with Crippen molar-refractivity contribution in [1.82, 2.24) is 9.55 Å². The number of aromatic nitrogens is 2. The molecule has 3 rings (SSSR count). The number of amides is 1. The van der Waals surface area contributed by atoms with E-state index < -0.39 is 15.9 Å². The number of rotatable bonds is 5. The zero-order valence-electron chi connectivity index (χ0n) is 14.8. The topological polar surface area (TPSA) is 124 Å². The number of fused-ring (bicyclic) bond motifs is 1. The van der Waals surface area contributed by atoms with Crippen LogP contribution in [0.15, 0.2) is 56.9 Å². The second-order valence-corrected chi connectivity index (χ2v) is 8.55. The van der Waals surface area contributed by atoms with Gasteiger partial charge in [-0.3, -0.25) is 14.2 Å². The van der Waals surface area contributed by atoms with Gasteiger partial charge in [0, 0.05) is 10.2 Å². The maximum Gasteiger partial charge on any atom is 0.261 e. The molecule has 1 aromatic heterocycles. The molecule has 0 aliphatic rings. The highest BCUT2D eigenvalue weighted by molar-refractivity contribution is 9.10. The minimum Gasteiger partial charge on any atom is -0.324 e. The number of anilines is 1. The number of primary sulfonamides is 1. The van der Waals surface area contributed by atoms with E-state index in [1.54, 1.807) is 37.3 Å². The van der Waals surface area contributed by atoms with Gasteiger partial charge in [-0.15, -0.1) is 0 Å². The van der Waals surface area contributed by atoms with Crippen LogP contribution in [0.4, 0.5) is 5.69 Å².